The van der Waals surface area contributed by atoms with Crippen LogP contribution in [0.2, 0.25) is 0 Å². The Hall–Kier alpha value is -0.120. The van der Waals surface area contributed by atoms with Crippen molar-refractivity contribution in [3.8, 4) is 0 Å². The SMILES string of the molecule is CNC(CCO)C1CCOC1. The summed E-state index contributed by atoms with van der Waals surface area (Å²) >= 11 is 0. The molecule has 0 aliphatic carbocycles. The Labute approximate surface area is 67.7 Å². The minimum atomic E-state index is 0.266. The zero-order chi connectivity index (χ0) is 8.10. The van der Waals surface area contributed by atoms with E-state index in [1.807, 2.05) is 7.05 Å². The van der Waals surface area contributed by atoms with Crippen LogP contribution in [0.5, 0.6) is 0 Å². The van der Waals surface area contributed by atoms with Crippen molar-refractivity contribution >= 4 is 0 Å². The van der Waals surface area contributed by atoms with Gasteiger partial charge in [0.2, 0.25) is 0 Å². The molecule has 1 aliphatic heterocycles. The highest BCUT2D eigenvalue weighted by atomic mass is 16.5. The third kappa shape index (κ3) is 2.43. The fourth-order valence-corrected chi connectivity index (χ4v) is 1.62. The highest BCUT2D eigenvalue weighted by Gasteiger charge is 2.23. The van der Waals surface area contributed by atoms with Crippen molar-refractivity contribution in [2.24, 2.45) is 5.92 Å². The van der Waals surface area contributed by atoms with Gasteiger partial charge in [-0.25, -0.2) is 0 Å². The summed E-state index contributed by atoms with van der Waals surface area (Å²) in [5.74, 6) is 0.604. The molecular weight excluding hydrogens is 142 g/mol. The van der Waals surface area contributed by atoms with Crippen molar-refractivity contribution in [2.75, 3.05) is 26.9 Å². The number of aliphatic hydroxyl groups is 1. The molecule has 1 aliphatic rings. The maximum atomic E-state index is 8.75. The van der Waals surface area contributed by atoms with E-state index in [9.17, 15) is 0 Å². The van der Waals surface area contributed by atoms with Gasteiger partial charge in [0.25, 0.3) is 0 Å². The third-order valence-electron chi connectivity index (χ3n) is 2.34. The molecule has 0 amide bonds. The molecule has 0 spiro atoms. The number of nitrogens with one attached hydrogen (secondary N) is 1. The predicted molar refractivity (Wildman–Crippen MR) is 43.5 cm³/mol. The minimum Gasteiger partial charge on any atom is -0.396 e. The molecular formula is C8H17NO2. The largest absolute Gasteiger partial charge is 0.396 e. The van der Waals surface area contributed by atoms with Gasteiger partial charge in [-0.2, -0.15) is 0 Å². The van der Waals surface area contributed by atoms with Crippen molar-refractivity contribution in [1.82, 2.24) is 5.32 Å². The lowest BCUT2D eigenvalue weighted by atomic mass is 9.97. The van der Waals surface area contributed by atoms with E-state index in [2.05, 4.69) is 5.32 Å². The van der Waals surface area contributed by atoms with Crippen LogP contribution in [0.1, 0.15) is 12.8 Å². The highest BCUT2D eigenvalue weighted by Crippen LogP contribution is 2.18. The zero-order valence-electron chi connectivity index (χ0n) is 7.05. The molecule has 0 saturated carbocycles. The second kappa shape index (κ2) is 4.70. The summed E-state index contributed by atoms with van der Waals surface area (Å²) in [6.07, 6.45) is 1.97. The fraction of sp³-hybridized carbons (Fsp3) is 1.00. The van der Waals surface area contributed by atoms with Gasteiger partial charge in [-0.15, -0.1) is 0 Å². The molecule has 1 heterocycles. The summed E-state index contributed by atoms with van der Waals surface area (Å²) in [5.41, 5.74) is 0. The Morgan fingerprint density at radius 3 is 3.00 bits per heavy atom. The van der Waals surface area contributed by atoms with E-state index in [0.29, 0.717) is 12.0 Å². The van der Waals surface area contributed by atoms with Gasteiger partial charge in [0, 0.05) is 19.3 Å². The standard InChI is InChI=1S/C8H17NO2/c1-9-8(2-4-10)7-3-5-11-6-7/h7-10H,2-6H2,1H3. The Morgan fingerprint density at radius 2 is 2.55 bits per heavy atom. The summed E-state index contributed by atoms with van der Waals surface area (Å²) < 4.78 is 5.26. The van der Waals surface area contributed by atoms with Gasteiger partial charge in [0.05, 0.1) is 6.61 Å². The van der Waals surface area contributed by atoms with E-state index in [0.717, 1.165) is 26.1 Å². The first-order valence-corrected chi connectivity index (χ1v) is 4.24. The number of aliphatic hydroxyl groups excluding tert-OH is 1. The quantitative estimate of drug-likeness (QED) is 0.606. The monoisotopic (exact) mass is 159 g/mol. The summed E-state index contributed by atoms with van der Waals surface area (Å²) in [6.45, 7) is 2.00. The smallest absolute Gasteiger partial charge is 0.0510 e. The summed E-state index contributed by atoms with van der Waals surface area (Å²) in [6, 6.07) is 0.433. The summed E-state index contributed by atoms with van der Waals surface area (Å²) in [5, 5.41) is 12.0. The fourth-order valence-electron chi connectivity index (χ4n) is 1.62. The molecule has 0 aromatic rings. The van der Waals surface area contributed by atoms with Crippen molar-refractivity contribution in [3.05, 3.63) is 0 Å². The molecule has 0 aromatic carbocycles. The van der Waals surface area contributed by atoms with Gasteiger partial charge >= 0.3 is 0 Å². The maximum Gasteiger partial charge on any atom is 0.0510 e. The minimum absolute atomic E-state index is 0.266. The van der Waals surface area contributed by atoms with Crippen molar-refractivity contribution in [2.45, 2.75) is 18.9 Å². The topological polar surface area (TPSA) is 41.5 Å². The first kappa shape index (κ1) is 8.97. The number of ether oxygens (including phenoxy) is 1. The zero-order valence-corrected chi connectivity index (χ0v) is 7.05. The molecule has 1 saturated heterocycles. The first-order chi connectivity index (χ1) is 5.38. The Bertz CT molecular complexity index is 102. The van der Waals surface area contributed by atoms with Gasteiger partial charge in [-0.1, -0.05) is 0 Å². The molecule has 0 aromatic heterocycles. The molecule has 2 atom stereocenters. The predicted octanol–water partition coefficient (Wildman–Crippen LogP) is -0.00670. The molecule has 1 rings (SSSR count). The van der Waals surface area contributed by atoms with Crippen LogP contribution in [0.3, 0.4) is 0 Å². The van der Waals surface area contributed by atoms with Crippen LogP contribution in [-0.2, 0) is 4.74 Å². The Morgan fingerprint density at radius 1 is 1.73 bits per heavy atom. The van der Waals surface area contributed by atoms with Crippen molar-refractivity contribution in [1.29, 1.82) is 0 Å². The molecule has 11 heavy (non-hydrogen) atoms. The van der Waals surface area contributed by atoms with Crippen LogP contribution in [0.15, 0.2) is 0 Å². The van der Waals surface area contributed by atoms with Crippen LogP contribution < -0.4 is 5.32 Å². The van der Waals surface area contributed by atoms with E-state index in [1.54, 1.807) is 0 Å². The molecule has 0 bridgehead atoms. The van der Waals surface area contributed by atoms with E-state index < -0.39 is 0 Å². The second-order valence-corrected chi connectivity index (χ2v) is 3.03. The summed E-state index contributed by atoms with van der Waals surface area (Å²) in [4.78, 5) is 0. The van der Waals surface area contributed by atoms with E-state index in [1.165, 1.54) is 0 Å². The Balaban J connectivity index is 2.27. The Kier molecular flexibility index (Phi) is 3.83. The summed E-state index contributed by atoms with van der Waals surface area (Å²) in [7, 11) is 1.94. The molecule has 1 fully saturated rings. The molecule has 2 N–H and O–H groups in total. The third-order valence-corrected chi connectivity index (χ3v) is 2.34. The molecule has 0 radical (unpaired) electrons. The van der Waals surface area contributed by atoms with Gasteiger partial charge < -0.3 is 15.2 Å². The average Bonchev–Trinajstić information content (AvgIpc) is 2.52. The van der Waals surface area contributed by atoms with Crippen LogP contribution in [0.4, 0.5) is 0 Å². The molecule has 3 nitrogen and oxygen atoms in total. The lowest BCUT2D eigenvalue weighted by Crippen LogP contribution is -2.34. The van der Waals surface area contributed by atoms with Gasteiger partial charge in [-0.05, 0) is 25.8 Å². The van der Waals surface area contributed by atoms with Gasteiger partial charge in [0.15, 0.2) is 0 Å². The van der Waals surface area contributed by atoms with E-state index >= 15 is 0 Å². The van der Waals surface area contributed by atoms with Gasteiger partial charge in [-0.3, -0.25) is 0 Å². The second-order valence-electron chi connectivity index (χ2n) is 3.03. The average molecular weight is 159 g/mol. The normalized spacial score (nSPS) is 27.3. The maximum absolute atomic E-state index is 8.75. The number of hydrogen-bond acceptors (Lipinski definition) is 3. The molecule has 3 heteroatoms. The number of rotatable bonds is 4. The van der Waals surface area contributed by atoms with E-state index in [4.69, 9.17) is 9.84 Å². The van der Waals surface area contributed by atoms with Crippen LogP contribution in [0, 0.1) is 5.92 Å². The lowest BCUT2D eigenvalue weighted by molar-refractivity contribution is 0.170. The first-order valence-electron chi connectivity index (χ1n) is 4.24. The van der Waals surface area contributed by atoms with Crippen LogP contribution >= 0.6 is 0 Å². The highest BCUT2D eigenvalue weighted by molar-refractivity contribution is 4.77. The van der Waals surface area contributed by atoms with Crippen molar-refractivity contribution < 1.29 is 9.84 Å². The lowest BCUT2D eigenvalue weighted by Gasteiger charge is -2.20. The number of hydrogen-bond donors (Lipinski definition) is 2. The molecule has 2 unspecified atom stereocenters. The van der Waals surface area contributed by atoms with E-state index in [-0.39, 0.29) is 6.61 Å². The van der Waals surface area contributed by atoms with Crippen molar-refractivity contribution in [3.63, 3.8) is 0 Å². The van der Waals surface area contributed by atoms with Crippen LogP contribution in [0.25, 0.3) is 0 Å². The van der Waals surface area contributed by atoms with Crippen LogP contribution in [-0.4, -0.2) is 38.0 Å². The van der Waals surface area contributed by atoms with Gasteiger partial charge in [0.1, 0.15) is 0 Å². The molecule has 66 valence electrons.